The molecule has 1 heterocycles. The summed E-state index contributed by atoms with van der Waals surface area (Å²) in [5, 5.41) is 11.4. The number of rotatable bonds is 2. The van der Waals surface area contributed by atoms with Crippen LogP contribution in [0.4, 0.5) is 0 Å². The van der Waals surface area contributed by atoms with Gasteiger partial charge in [0.2, 0.25) is 0 Å². The molecule has 0 bridgehead atoms. The van der Waals surface area contributed by atoms with Gasteiger partial charge in [-0.05, 0) is 32.9 Å². The minimum absolute atomic E-state index is 0.225. The van der Waals surface area contributed by atoms with Gasteiger partial charge in [-0.15, -0.1) is 0 Å². The van der Waals surface area contributed by atoms with Gasteiger partial charge in [0.1, 0.15) is 0 Å². The monoisotopic (exact) mass is 305 g/mol. The van der Waals surface area contributed by atoms with Crippen molar-refractivity contribution in [1.82, 2.24) is 4.90 Å². The van der Waals surface area contributed by atoms with E-state index in [2.05, 4.69) is 23.8 Å². The Hall–Kier alpha value is -2.08. The van der Waals surface area contributed by atoms with Crippen LogP contribution in [0.25, 0.3) is 0 Å². The van der Waals surface area contributed by atoms with Crippen molar-refractivity contribution in [2.75, 3.05) is 13.6 Å². The standard InChI is InChI=1S/C21H23NO/c1-22-17-9-8-14-20(22)15-16-21(23,18-10-4-2-5-11-18)19-12-6-3-7-13-19/h2-7,10-13,20,23H,8-9,14,17H2,1H3/t20-/m1/s1. The van der Waals surface area contributed by atoms with Crippen molar-refractivity contribution in [2.24, 2.45) is 0 Å². The second kappa shape index (κ2) is 7.00. The van der Waals surface area contributed by atoms with Crippen molar-refractivity contribution in [3.8, 4) is 11.8 Å². The molecule has 23 heavy (non-hydrogen) atoms. The third-order valence-electron chi connectivity index (χ3n) is 4.57. The molecule has 1 N–H and O–H groups in total. The zero-order valence-corrected chi connectivity index (χ0v) is 13.6. The van der Waals surface area contributed by atoms with Gasteiger partial charge in [-0.2, -0.15) is 0 Å². The average molecular weight is 305 g/mol. The van der Waals surface area contributed by atoms with Crippen LogP contribution >= 0.6 is 0 Å². The Labute approximate surface area is 138 Å². The SMILES string of the molecule is CN1CCCC[C@@H]1C#CC(O)(c1ccccc1)c1ccccc1. The molecule has 3 rings (SSSR count). The van der Waals surface area contributed by atoms with Crippen LogP contribution in [0, 0.1) is 11.8 Å². The summed E-state index contributed by atoms with van der Waals surface area (Å²) in [5.74, 6) is 6.53. The lowest BCUT2D eigenvalue weighted by Gasteiger charge is -2.29. The summed E-state index contributed by atoms with van der Waals surface area (Å²) < 4.78 is 0. The van der Waals surface area contributed by atoms with E-state index < -0.39 is 5.60 Å². The van der Waals surface area contributed by atoms with Crippen LogP contribution < -0.4 is 0 Å². The highest BCUT2D eigenvalue weighted by atomic mass is 16.3. The van der Waals surface area contributed by atoms with E-state index in [-0.39, 0.29) is 6.04 Å². The van der Waals surface area contributed by atoms with Crippen molar-refractivity contribution < 1.29 is 5.11 Å². The predicted molar refractivity (Wildman–Crippen MR) is 93.9 cm³/mol. The zero-order valence-electron chi connectivity index (χ0n) is 13.6. The molecule has 0 unspecified atom stereocenters. The van der Waals surface area contributed by atoms with Gasteiger partial charge in [-0.25, -0.2) is 0 Å². The Morgan fingerprint density at radius 1 is 0.957 bits per heavy atom. The topological polar surface area (TPSA) is 23.5 Å². The summed E-state index contributed by atoms with van der Waals surface area (Å²) in [7, 11) is 2.11. The summed E-state index contributed by atoms with van der Waals surface area (Å²) in [6, 6.07) is 19.7. The molecule has 1 aliphatic heterocycles. The summed E-state index contributed by atoms with van der Waals surface area (Å²) >= 11 is 0. The maximum absolute atomic E-state index is 11.4. The van der Waals surface area contributed by atoms with Crippen molar-refractivity contribution >= 4 is 0 Å². The van der Waals surface area contributed by atoms with E-state index in [0.29, 0.717) is 0 Å². The van der Waals surface area contributed by atoms with E-state index in [1.54, 1.807) is 0 Å². The van der Waals surface area contributed by atoms with Crippen LogP contribution in [0.15, 0.2) is 60.7 Å². The van der Waals surface area contributed by atoms with Crippen molar-refractivity contribution in [3.05, 3.63) is 71.8 Å². The third kappa shape index (κ3) is 3.47. The Morgan fingerprint density at radius 3 is 2.04 bits per heavy atom. The number of aliphatic hydroxyl groups is 1. The van der Waals surface area contributed by atoms with Crippen molar-refractivity contribution in [3.63, 3.8) is 0 Å². The Balaban J connectivity index is 2.00. The van der Waals surface area contributed by atoms with E-state index in [1.165, 1.54) is 12.8 Å². The molecular formula is C21H23NO. The van der Waals surface area contributed by atoms with Crippen LogP contribution in [0.5, 0.6) is 0 Å². The molecule has 1 saturated heterocycles. The second-order valence-corrected chi connectivity index (χ2v) is 6.20. The molecule has 2 nitrogen and oxygen atoms in total. The molecular weight excluding hydrogens is 282 g/mol. The normalized spacial score (nSPS) is 19.0. The smallest absolute Gasteiger partial charge is 0.176 e. The first-order valence-corrected chi connectivity index (χ1v) is 8.26. The summed E-state index contributed by atoms with van der Waals surface area (Å²) in [6.45, 7) is 1.08. The largest absolute Gasteiger partial charge is 0.369 e. The van der Waals surface area contributed by atoms with Gasteiger partial charge < -0.3 is 5.11 Å². The highest BCUT2D eigenvalue weighted by Gasteiger charge is 2.29. The van der Waals surface area contributed by atoms with Gasteiger partial charge in [-0.3, -0.25) is 4.90 Å². The van der Waals surface area contributed by atoms with E-state index in [0.717, 1.165) is 24.1 Å². The third-order valence-corrected chi connectivity index (χ3v) is 4.57. The lowest BCUT2D eigenvalue weighted by atomic mass is 9.86. The Kier molecular flexibility index (Phi) is 4.81. The molecule has 0 radical (unpaired) electrons. The number of likely N-dealkylation sites (tertiary alicyclic amines) is 1. The van der Waals surface area contributed by atoms with Crippen LogP contribution in [0.1, 0.15) is 30.4 Å². The molecule has 118 valence electrons. The Bertz CT molecular complexity index is 645. The first-order valence-electron chi connectivity index (χ1n) is 8.26. The fourth-order valence-electron chi connectivity index (χ4n) is 3.11. The quantitative estimate of drug-likeness (QED) is 0.860. The van der Waals surface area contributed by atoms with Gasteiger partial charge >= 0.3 is 0 Å². The number of nitrogens with zero attached hydrogens (tertiary/aromatic N) is 1. The first-order chi connectivity index (χ1) is 11.2. The second-order valence-electron chi connectivity index (χ2n) is 6.20. The lowest BCUT2D eigenvalue weighted by molar-refractivity contribution is 0.144. The molecule has 2 aromatic rings. The average Bonchev–Trinajstić information content (AvgIpc) is 2.62. The van der Waals surface area contributed by atoms with Crippen molar-refractivity contribution in [1.29, 1.82) is 0 Å². The molecule has 0 saturated carbocycles. The number of hydrogen-bond donors (Lipinski definition) is 1. The van der Waals surface area contributed by atoms with Gasteiger partial charge in [0.15, 0.2) is 5.60 Å². The summed E-state index contributed by atoms with van der Waals surface area (Å²) in [5.41, 5.74) is 0.371. The van der Waals surface area contributed by atoms with Crippen LogP contribution in [-0.2, 0) is 5.60 Å². The van der Waals surface area contributed by atoms with Gasteiger partial charge in [0.05, 0.1) is 6.04 Å². The molecule has 0 aromatic heterocycles. The maximum Gasteiger partial charge on any atom is 0.176 e. The molecule has 2 heteroatoms. The van der Waals surface area contributed by atoms with Gasteiger partial charge in [-0.1, -0.05) is 72.5 Å². The zero-order chi connectivity index (χ0) is 16.1. The van der Waals surface area contributed by atoms with E-state index in [1.807, 2.05) is 60.7 Å². The predicted octanol–water partition coefficient (Wildman–Crippen LogP) is 3.41. The fraction of sp³-hybridized carbons (Fsp3) is 0.333. The van der Waals surface area contributed by atoms with Gasteiger partial charge in [0, 0.05) is 11.1 Å². The molecule has 0 aliphatic carbocycles. The number of benzene rings is 2. The van der Waals surface area contributed by atoms with Crippen molar-refractivity contribution in [2.45, 2.75) is 30.9 Å². The summed E-state index contributed by atoms with van der Waals surface area (Å²) in [6.07, 6.45) is 3.51. The van der Waals surface area contributed by atoms with Gasteiger partial charge in [0.25, 0.3) is 0 Å². The molecule has 0 amide bonds. The first kappa shape index (κ1) is 15.8. The number of piperidine rings is 1. The minimum Gasteiger partial charge on any atom is -0.369 e. The molecule has 1 aliphatic rings. The van der Waals surface area contributed by atoms with E-state index in [4.69, 9.17) is 0 Å². The number of hydrogen-bond acceptors (Lipinski definition) is 2. The molecule has 1 fully saturated rings. The minimum atomic E-state index is -1.26. The fourth-order valence-corrected chi connectivity index (χ4v) is 3.11. The molecule has 1 atom stereocenters. The van der Waals surface area contributed by atoms with Crippen LogP contribution in [-0.4, -0.2) is 29.6 Å². The van der Waals surface area contributed by atoms with E-state index >= 15 is 0 Å². The summed E-state index contributed by atoms with van der Waals surface area (Å²) in [4.78, 5) is 2.28. The van der Waals surface area contributed by atoms with Crippen LogP contribution in [0.2, 0.25) is 0 Å². The highest BCUT2D eigenvalue weighted by Crippen LogP contribution is 2.29. The maximum atomic E-state index is 11.4. The van der Waals surface area contributed by atoms with Crippen LogP contribution in [0.3, 0.4) is 0 Å². The highest BCUT2D eigenvalue weighted by molar-refractivity contribution is 5.44. The molecule has 0 spiro atoms. The van der Waals surface area contributed by atoms with E-state index in [9.17, 15) is 5.11 Å². The molecule has 2 aromatic carbocycles. The Morgan fingerprint density at radius 2 is 1.52 bits per heavy atom. The lowest BCUT2D eigenvalue weighted by Crippen LogP contribution is -2.35.